The molecule has 0 spiro atoms. The van der Waals surface area contributed by atoms with Crippen LogP contribution in [-0.4, -0.2) is 19.9 Å². The summed E-state index contributed by atoms with van der Waals surface area (Å²) in [6.45, 7) is 3.70. The fourth-order valence-electron chi connectivity index (χ4n) is 1.34. The topological polar surface area (TPSA) is 89.6 Å². The van der Waals surface area contributed by atoms with Gasteiger partial charge in [-0.25, -0.2) is 25.8 Å². The van der Waals surface area contributed by atoms with Crippen LogP contribution < -0.4 is 11.3 Å². The van der Waals surface area contributed by atoms with Crippen molar-refractivity contribution < 1.29 is 0 Å². The molecule has 2 rings (SSSR count). The lowest BCUT2D eigenvalue weighted by molar-refractivity contribution is 1.02. The number of rotatable bonds is 2. The summed E-state index contributed by atoms with van der Waals surface area (Å²) in [5.74, 6) is 7.12. The smallest absolute Gasteiger partial charge is 0.180 e. The average molecular weight is 216 g/mol. The minimum atomic E-state index is 0.540. The maximum Gasteiger partial charge on any atom is 0.180 e. The second-order valence-corrected chi connectivity index (χ2v) is 3.35. The van der Waals surface area contributed by atoms with Crippen molar-refractivity contribution in [2.24, 2.45) is 5.84 Å². The van der Waals surface area contributed by atoms with E-state index < -0.39 is 0 Å². The lowest BCUT2D eigenvalue weighted by Crippen LogP contribution is -2.10. The maximum absolute atomic E-state index is 5.32. The van der Waals surface area contributed by atoms with Crippen LogP contribution in [-0.2, 0) is 0 Å². The minimum absolute atomic E-state index is 0.540. The second-order valence-electron chi connectivity index (χ2n) is 3.35. The lowest BCUT2D eigenvalue weighted by atomic mass is 10.3. The molecule has 16 heavy (non-hydrogen) atoms. The third-order valence-electron chi connectivity index (χ3n) is 2.01. The van der Waals surface area contributed by atoms with E-state index in [1.807, 2.05) is 13.8 Å². The Morgan fingerprint density at radius 3 is 2.69 bits per heavy atom. The van der Waals surface area contributed by atoms with Crippen LogP contribution in [0.5, 0.6) is 0 Å². The molecule has 0 amide bonds. The molecule has 0 unspecified atom stereocenters. The maximum atomic E-state index is 5.32. The fourth-order valence-corrected chi connectivity index (χ4v) is 1.34. The van der Waals surface area contributed by atoms with Gasteiger partial charge in [-0.05, 0) is 19.9 Å². The summed E-state index contributed by atoms with van der Waals surface area (Å²) in [5.41, 5.74) is 4.01. The van der Waals surface area contributed by atoms with Gasteiger partial charge in [0.2, 0.25) is 0 Å². The number of nitrogens with two attached hydrogens (primary N) is 1. The van der Waals surface area contributed by atoms with Gasteiger partial charge in [-0.15, -0.1) is 0 Å². The number of anilines is 1. The fraction of sp³-hybridized carbons (Fsp3) is 0.200. The molecular formula is C10H12N6. The number of hydrogen-bond acceptors (Lipinski definition) is 6. The van der Waals surface area contributed by atoms with Gasteiger partial charge >= 0.3 is 0 Å². The zero-order valence-corrected chi connectivity index (χ0v) is 9.10. The van der Waals surface area contributed by atoms with E-state index in [-0.39, 0.29) is 0 Å². The Labute approximate surface area is 93.0 Å². The van der Waals surface area contributed by atoms with Crippen LogP contribution in [0.3, 0.4) is 0 Å². The molecule has 6 heteroatoms. The summed E-state index contributed by atoms with van der Waals surface area (Å²) in [7, 11) is 0. The summed E-state index contributed by atoms with van der Waals surface area (Å²) < 4.78 is 0. The van der Waals surface area contributed by atoms with Crippen LogP contribution >= 0.6 is 0 Å². The van der Waals surface area contributed by atoms with Gasteiger partial charge in [0.05, 0.1) is 0 Å². The van der Waals surface area contributed by atoms with Crippen molar-refractivity contribution in [3.63, 3.8) is 0 Å². The van der Waals surface area contributed by atoms with Crippen molar-refractivity contribution in [3.8, 4) is 11.5 Å². The Morgan fingerprint density at radius 2 is 2.00 bits per heavy atom. The molecule has 2 aromatic rings. The standard InChI is InChI=1S/C10H12N6/c1-6-5-9(16-11)15-10(13-6)8-3-4-12-7(2)14-8/h3-5H,11H2,1-2H3,(H,13,15,16). The third kappa shape index (κ3) is 2.12. The van der Waals surface area contributed by atoms with Crippen LogP contribution in [0.4, 0.5) is 5.82 Å². The molecule has 0 radical (unpaired) electrons. The average Bonchev–Trinajstić information content (AvgIpc) is 2.28. The third-order valence-corrected chi connectivity index (χ3v) is 2.01. The van der Waals surface area contributed by atoms with Crippen LogP contribution in [0.15, 0.2) is 18.3 Å². The van der Waals surface area contributed by atoms with E-state index in [0.717, 1.165) is 5.69 Å². The molecule has 0 saturated carbocycles. The monoisotopic (exact) mass is 216 g/mol. The predicted octanol–water partition coefficient (Wildman–Crippen LogP) is 0.836. The summed E-state index contributed by atoms with van der Waals surface area (Å²) in [4.78, 5) is 16.8. The van der Waals surface area contributed by atoms with Crippen molar-refractivity contribution in [1.82, 2.24) is 19.9 Å². The largest absolute Gasteiger partial charge is 0.308 e. The Morgan fingerprint density at radius 1 is 1.19 bits per heavy atom. The van der Waals surface area contributed by atoms with E-state index in [1.165, 1.54) is 0 Å². The highest BCUT2D eigenvalue weighted by Gasteiger charge is 2.06. The predicted molar refractivity (Wildman–Crippen MR) is 60.3 cm³/mol. The first-order chi connectivity index (χ1) is 7.69. The molecule has 6 nitrogen and oxygen atoms in total. The number of nitrogens with zero attached hydrogens (tertiary/aromatic N) is 4. The number of nitrogen functional groups attached to an aromatic ring is 1. The molecule has 2 aromatic heterocycles. The normalized spacial score (nSPS) is 10.2. The van der Waals surface area contributed by atoms with Crippen LogP contribution in [0.1, 0.15) is 11.5 Å². The summed E-state index contributed by atoms with van der Waals surface area (Å²) in [6.07, 6.45) is 1.68. The summed E-state index contributed by atoms with van der Waals surface area (Å²) >= 11 is 0. The molecule has 0 aromatic carbocycles. The number of hydrazine groups is 1. The SMILES string of the molecule is Cc1cc(NN)nc(-c2ccnc(C)n2)n1. The molecule has 0 bridgehead atoms. The first-order valence-corrected chi connectivity index (χ1v) is 4.81. The Hall–Kier alpha value is -2.08. The number of nitrogens with one attached hydrogen (secondary N) is 1. The highest BCUT2D eigenvalue weighted by Crippen LogP contribution is 2.14. The van der Waals surface area contributed by atoms with Crippen molar-refractivity contribution in [2.75, 3.05) is 5.43 Å². The van der Waals surface area contributed by atoms with Crippen molar-refractivity contribution in [1.29, 1.82) is 0 Å². The van der Waals surface area contributed by atoms with E-state index in [1.54, 1.807) is 18.3 Å². The lowest BCUT2D eigenvalue weighted by Gasteiger charge is -2.04. The molecule has 3 N–H and O–H groups in total. The van der Waals surface area contributed by atoms with E-state index in [0.29, 0.717) is 23.2 Å². The quantitative estimate of drug-likeness (QED) is 0.571. The Bertz CT molecular complexity index is 510. The first kappa shape index (κ1) is 10.4. The molecule has 0 atom stereocenters. The van der Waals surface area contributed by atoms with E-state index in [2.05, 4.69) is 25.4 Å². The first-order valence-electron chi connectivity index (χ1n) is 4.81. The van der Waals surface area contributed by atoms with Crippen LogP contribution in [0, 0.1) is 13.8 Å². The van der Waals surface area contributed by atoms with Gasteiger partial charge in [0.25, 0.3) is 0 Å². The van der Waals surface area contributed by atoms with E-state index >= 15 is 0 Å². The van der Waals surface area contributed by atoms with Crippen molar-refractivity contribution >= 4 is 5.82 Å². The number of hydrogen-bond donors (Lipinski definition) is 2. The van der Waals surface area contributed by atoms with E-state index in [4.69, 9.17) is 5.84 Å². The van der Waals surface area contributed by atoms with Gasteiger partial charge in [-0.1, -0.05) is 0 Å². The molecule has 0 aliphatic heterocycles. The van der Waals surface area contributed by atoms with Gasteiger partial charge in [0.15, 0.2) is 5.82 Å². The molecule has 0 aliphatic rings. The highest BCUT2D eigenvalue weighted by molar-refractivity contribution is 5.52. The minimum Gasteiger partial charge on any atom is -0.308 e. The Kier molecular flexibility index (Phi) is 2.74. The zero-order chi connectivity index (χ0) is 11.5. The molecule has 0 aliphatic carbocycles. The van der Waals surface area contributed by atoms with Crippen LogP contribution in [0.25, 0.3) is 11.5 Å². The van der Waals surface area contributed by atoms with Gasteiger partial charge in [-0.2, -0.15) is 0 Å². The highest BCUT2D eigenvalue weighted by atomic mass is 15.3. The number of aryl methyl sites for hydroxylation is 2. The zero-order valence-electron chi connectivity index (χ0n) is 9.10. The Balaban J connectivity index is 2.51. The van der Waals surface area contributed by atoms with Crippen molar-refractivity contribution in [3.05, 3.63) is 29.8 Å². The summed E-state index contributed by atoms with van der Waals surface area (Å²) in [6, 6.07) is 3.53. The van der Waals surface area contributed by atoms with E-state index in [9.17, 15) is 0 Å². The van der Waals surface area contributed by atoms with Gasteiger partial charge < -0.3 is 5.43 Å². The molecule has 0 fully saturated rings. The number of aromatic nitrogens is 4. The molecule has 0 saturated heterocycles. The van der Waals surface area contributed by atoms with Crippen molar-refractivity contribution in [2.45, 2.75) is 13.8 Å². The second kappa shape index (κ2) is 4.19. The molecule has 82 valence electrons. The van der Waals surface area contributed by atoms with Gasteiger partial charge in [-0.3, -0.25) is 0 Å². The van der Waals surface area contributed by atoms with Crippen LogP contribution in [0.2, 0.25) is 0 Å². The van der Waals surface area contributed by atoms with Gasteiger partial charge in [0.1, 0.15) is 17.3 Å². The summed E-state index contributed by atoms with van der Waals surface area (Å²) in [5, 5.41) is 0. The van der Waals surface area contributed by atoms with Gasteiger partial charge in [0, 0.05) is 18.0 Å². The molecular weight excluding hydrogens is 204 g/mol. The molecule has 2 heterocycles.